The van der Waals surface area contributed by atoms with Crippen LogP contribution in [0.4, 0.5) is 4.39 Å². The fraction of sp³-hybridized carbons (Fsp3) is 0.176. The van der Waals surface area contributed by atoms with Crippen LogP contribution < -0.4 is 0 Å². The van der Waals surface area contributed by atoms with Crippen LogP contribution >= 0.6 is 11.6 Å². The molecule has 3 aromatic rings. The Hall–Kier alpha value is -2.40. The maximum Gasteiger partial charge on any atom is 0.216 e. The SMILES string of the molecule is Cc1cc2ccccn2c1C(C[N+](=O)[O-])c1c(F)cccc1Cl. The summed E-state index contributed by atoms with van der Waals surface area (Å²) in [7, 11) is 0. The van der Waals surface area contributed by atoms with Gasteiger partial charge in [0.2, 0.25) is 6.54 Å². The Morgan fingerprint density at radius 3 is 2.78 bits per heavy atom. The van der Waals surface area contributed by atoms with Crippen LogP contribution in [0.25, 0.3) is 5.52 Å². The molecule has 1 atom stereocenters. The van der Waals surface area contributed by atoms with Gasteiger partial charge in [-0.1, -0.05) is 23.7 Å². The van der Waals surface area contributed by atoms with Crippen molar-refractivity contribution in [1.29, 1.82) is 0 Å². The standard InChI is InChI=1S/C17H14ClFN2O2/c1-11-9-12-5-2-3-8-20(12)17(11)13(10-21(22)23)16-14(18)6-4-7-15(16)19/h2-9,13H,10H2,1H3. The number of aromatic nitrogens is 1. The molecule has 0 N–H and O–H groups in total. The van der Waals surface area contributed by atoms with Crippen LogP contribution in [-0.4, -0.2) is 15.9 Å². The Labute approximate surface area is 137 Å². The Bertz CT molecular complexity index is 871. The van der Waals surface area contributed by atoms with E-state index in [4.69, 9.17) is 11.6 Å². The van der Waals surface area contributed by atoms with Gasteiger partial charge in [0.15, 0.2) is 0 Å². The van der Waals surface area contributed by atoms with Gasteiger partial charge in [0.05, 0.1) is 5.92 Å². The van der Waals surface area contributed by atoms with Crippen LogP contribution in [0.1, 0.15) is 22.7 Å². The Morgan fingerprint density at radius 2 is 2.09 bits per heavy atom. The minimum Gasteiger partial charge on any atom is -0.320 e. The Balaban J connectivity index is 2.28. The molecule has 0 aliphatic heterocycles. The molecular weight excluding hydrogens is 319 g/mol. The van der Waals surface area contributed by atoms with E-state index >= 15 is 0 Å². The van der Waals surface area contributed by atoms with E-state index in [-0.39, 0.29) is 10.6 Å². The zero-order valence-electron chi connectivity index (χ0n) is 12.4. The van der Waals surface area contributed by atoms with E-state index < -0.39 is 23.2 Å². The lowest BCUT2D eigenvalue weighted by Gasteiger charge is -2.17. The van der Waals surface area contributed by atoms with Gasteiger partial charge in [-0.2, -0.15) is 0 Å². The fourth-order valence-electron chi connectivity index (χ4n) is 3.03. The summed E-state index contributed by atoms with van der Waals surface area (Å²) < 4.78 is 16.2. The molecule has 0 fully saturated rings. The highest BCUT2D eigenvalue weighted by Gasteiger charge is 2.29. The summed E-state index contributed by atoms with van der Waals surface area (Å²) in [4.78, 5) is 10.7. The molecular formula is C17H14ClFN2O2. The number of rotatable bonds is 4. The minimum absolute atomic E-state index is 0.165. The number of nitrogens with zero attached hydrogens (tertiary/aromatic N) is 2. The molecule has 0 spiro atoms. The van der Waals surface area contributed by atoms with Gasteiger partial charge in [0, 0.05) is 32.9 Å². The molecule has 0 radical (unpaired) electrons. The average Bonchev–Trinajstić information content (AvgIpc) is 2.81. The second-order valence-electron chi connectivity index (χ2n) is 5.41. The first-order valence-corrected chi connectivity index (χ1v) is 7.49. The zero-order valence-corrected chi connectivity index (χ0v) is 13.1. The van der Waals surface area contributed by atoms with Crippen molar-refractivity contribution >= 4 is 17.1 Å². The molecule has 1 unspecified atom stereocenters. The topological polar surface area (TPSA) is 47.5 Å². The van der Waals surface area contributed by atoms with Crippen molar-refractivity contribution < 1.29 is 9.31 Å². The molecule has 2 aromatic heterocycles. The molecule has 0 bridgehead atoms. The van der Waals surface area contributed by atoms with Crippen molar-refractivity contribution in [2.75, 3.05) is 6.54 Å². The number of aryl methyl sites for hydroxylation is 1. The van der Waals surface area contributed by atoms with E-state index in [9.17, 15) is 14.5 Å². The van der Waals surface area contributed by atoms with E-state index in [1.165, 1.54) is 12.1 Å². The molecule has 0 saturated heterocycles. The summed E-state index contributed by atoms with van der Waals surface area (Å²) in [6, 6.07) is 11.9. The van der Waals surface area contributed by atoms with Crippen molar-refractivity contribution in [1.82, 2.24) is 4.40 Å². The first-order chi connectivity index (χ1) is 11.0. The van der Waals surface area contributed by atoms with Crippen LogP contribution in [0.2, 0.25) is 5.02 Å². The predicted molar refractivity (Wildman–Crippen MR) is 87.2 cm³/mol. The third-order valence-electron chi connectivity index (χ3n) is 3.93. The molecule has 0 aliphatic carbocycles. The van der Waals surface area contributed by atoms with Crippen molar-refractivity contribution in [2.24, 2.45) is 0 Å². The monoisotopic (exact) mass is 332 g/mol. The van der Waals surface area contributed by atoms with Gasteiger partial charge >= 0.3 is 0 Å². The van der Waals surface area contributed by atoms with E-state index in [1.54, 1.807) is 6.07 Å². The minimum atomic E-state index is -0.761. The first kappa shape index (κ1) is 15.5. The lowest BCUT2D eigenvalue weighted by Crippen LogP contribution is -2.18. The Morgan fingerprint density at radius 1 is 1.30 bits per heavy atom. The van der Waals surface area contributed by atoms with E-state index in [0.29, 0.717) is 5.69 Å². The second kappa shape index (κ2) is 6.01. The summed E-state index contributed by atoms with van der Waals surface area (Å²) in [5.74, 6) is -1.29. The van der Waals surface area contributed by atoms with Crippen molar-refractivity contribution in [2.45, 2.75) is 12.8 Å². The maximum atomic E-state index is 14.4. The largest absolute Gasteiger partial charge is 0.320 e. The second-order valence-corrected chi connectivity index (χ2v) is 5.82. The lowest BCUT2D eigenvalue weighted by molar-refractivity contribution is -0.482. The van der Waals surface area contributed by atoms with Gasteiger partial charge in [0.25, 0.3) is 0 Å². The number of hydrogen-bond donors (Lipinski definition) is 0. The van der Waals surface area contributed by atoms with E-state index in [1.807, 2.05) is 41.8 Å². The molecule has 2 heterocycles. The van der Waals surface area contributed by atoms with Crippen molar-refractivity contribution in [3.63, 3.8) is 0 Å². The molecule has 118 valence electrons. The summed E-state index contributed by atoms with van der Waals surface area (Å²) in [6.45, 7) is 1.44. The zero-order chi connectivity index (χ0) is 16.6. The summed E-state index contributed by atoms with van der Waals surface area (Å²) in [5, 5.41) is 11.4. The van der Waals surface area contributed by atoms with Crippen LogP contribution in [0.15, 0.2) is 48.7 Å². The predicted octanol–water partition coefficient (Wildman–Crippen LogP) is 4.45. The summed E-state index contributed by atoms with van der Waals surface area (Å²) in [5.41, 5.74) is 2.62. The number of hydrogen-bond acceptors (Lipinski definition) is 2. The lowest BCUT2D eigenvalue weighted by atomic mass is 9.93. The number of benzene rings is 1. The first-order valence-electron chi connectivity index (χ1n) is 7.11. The van der Waals surface area contributed by atoms with Gasteiger partial charge in [-0.3, -0.25) is 10.1 Å². The molecule has 1 aromatic carbocycles. The number of pyridine rings is 1. The van der Waals surface area contributed by atoms with Gasteiger partial charge in [-0.25, -0.2) is 4.39 Å². The smallest absolute Gasteiger partial charge is 0.216 e. The van der Waals surface area contributed by atoms with Crippen molar-refractivity contribution in [3.8, 4) is 0 Å². The number of halogens is 2. The fourth-order valence-corrected chi connectivity index (χ4v) is 3.32. The summed E-state index contributed by atoms with van der Waals surface area (Å²) in [6.07, 6.45) is 1.82. The molecule has 4 nitrogen and oxygen atoms in total. The highest BCUT2D eigenvalue weighted by molar-refractivity contribution is 6.31. The van der Waals surface area contributed by atoms with Gasteiger partial charge < -0.3 is 4.40 Å². The van der Waals surface area contributed by atoms with E-state index in [2.05, 4.69) is 0 Å². The number of fused-ring (bicyclic) bond motifs is 1. The molecule has 0 aliphatic rings. The molecule has 3 rings (SSSR count). The molecule has 0 saturated carbocycles. The quantitative estimate of drug-likeness (QED) is 0.523. The van der Waals surface area contributed by atoms with Gasteiger partial charge in [-0.05, 0) is 42.8 Å². The van der Waals surface area contributed by atoms with Crippen LogP contribution in [-0.2, 0) is 0 Å². The maximum absolute atomic E-state index is 14.4. The molecule has 6 heteroatoms. The molecule has 0 amide bonds. The van der Waals surface area contributed by atoms with Crippen molar-refractivity contribution in [3.05, 3.63) is 86.4 Å². The number of nitro groups is 1. The van der Waals surface area contributed by atoms with Gasteiger partial charge in [-0.15, -0.1) is 0 Å². The highest BCUT2D eigenvalue weighted by Crippen LogP contribution is 2.35. The molecule has 23 heavy (non-hydrogen) atoms. The van der Waals surface area contributed by atoms with Gasteiger partial charge in [0.1, 0.15) is 5.82 Å². The van der Waals surface area contributed by atoms with E-state index in [0.717, 1.165) is 11.1 Å². The van der Waals surface area contributed by atoms with Crippen LogP contribution in [0.5, 0.6) is 0 Å². The highest BCUT2D eigenvalue weighted by atomic mass is 35.5. The third-order valence-corrected chi connectivity index (χ3v) is 4.26. The van der Waals surface area contributed by atoms with Crippen LogP contribution in [0.3, 0.4) is 0 Å². The normalized spacial score (nSPS) is 12.5. The third kappa shape index (κ3) is 2.80. The van der Waals surface area contributed by atoms with Crippen LogP contribution in [0, 0.1) is 22.9 Å². The average molecular weight is 333 g/mol. The summed E-state index contributed by atoms with van der Waals surface area (Å²) >= 11 is 6.16. The Kier molecular flexibility index (Phi) is 4.05.